The van der Waals surface area contributed by atoms with Crippen LogP contribution in [-0.4, -0.2) is 71.8 Å². The summed E-state index contributed by atoms with van der Waals surface area (Å²) in [4.78, 5) is 18.2. The Morgan fingerprint density at radius 2 is 2.05 bits per heavy atom. The number of aromatic nitrogens is 3. The molecule has 2 aromatic carbocycles. The van der Waals surface area contributed by atoms with Gasteiger partial charge in [0.25, 0.3) is 0 Å². The molecule has 1 N–H and O–H groups in total. The molecule has 2 aliphatic rings. The number of ether oxygens (including phenoxy) is 1. The number of nitriles is 1. The van der Waals surface area contributed by atoms with Gasteiger partial charge in [-0.2, -0.15) is 15.2 Å². The molecule has 10 heteroatoms. The highest BCUT2D eigenvalue weighted by molar-refractivity contribution is 6.36. The van der Waals surface area contributed by atoms with Crippen LogP contribution in [0.15, 0.2) is 42.6 Å². The molecule has 0 saturated carbocycles. The van der Waals surface area contributed by atoms with E-state index in [4.69, 9.17) is 21.3 Å². The molecular weight excluding hydrogens is 517 g/mol. The first-order valence-electron chi connectivity index (χ1n) is 13.3. The summed E-state index contributed by atoms with van der Waals surface area (Å²) in [5, 5.41) is 15.3. The third kappa shape index (κ3) is 4.96. The van der Waals surface area contributed by atoms with Crippen LogP contribution in [0.2, 0.25) is 5.02 Å². The van der Waals surface area contributed by atoms with Gasteiger partial charge in [0.1, 0.15) is 23.6 Å². The summed E-state index contributed by atoms with van der Waals surface area (Å²) in [6.45, 7) is 3.35. The van der Waals surface area contributed by atoms with Crippen LogP contribution in [-0.2, 0) is 0 Å². The quantitative estimate of drug-likeness (QED) is 0.369. The Kier molecular flexibility index (Phi) is 7.17. The number of likely N-dealkylation sites (tertiary alicyclic amines) is 1. The summed E-state index contributed by atoms with van der Waals surface area (Å²) >= 11 is 6.55. The number of likely N-dealkylation sites (N-methyl/N-ethyl adjacent to an activating group) is 1. The van der Waals surface area contributed by atoms with Crippen LogP contribution >= 0.6 is 11.6 Å². The third-order valence-corrected chi connectivity index (χ3v) is 8.04. The van der Waals surface area contributed by atoms with Gasteiger partial charge < -0.3 is 19.9 Å². The fraction of sp³-hybridized carbons (Fsp3) is 0.379. The van der Waals surface area contributed by atoms with Crippen LogP contribution in [0.25, 0.3) is 32.9 Å². The molecule has 4 aromatic rings. The van der Waals surface area contributed by atoms with Gasteiger partial charge in [0.2, 0.25) is 0 Å². The largest absolute Gasteiger partial charge is 0.462 e. The molecule has 2 saturated heterocycles. The van der Waals surface area contributed by atoms with Crippen LogP contribution in [0.5, 0.6) is 6.01 Å². The minimum absolute atomic E-state index is 0.0137. The lowest BCUT2D eigenvalue weighted by molar-refractivity contribution is 0.188. The van der Waals surface area contributed by atoms with Crippen molar-refractivity contribution in [2.24, 2.45) is 0 Å². The van der Waals surface area contributed by atoms with Crippen molar-refractivity contribution in [3.05, 3.63) is 53.4 Å². The van der Waals surface area contributed by atoms with E-state index in [1.165, 1.54) is 0 Å². The van der Waals surface area contributed by atoms with E-state index in [9.17, 15) is 5.26 Å². The normalized spacial score (nSPS) is 20.0. The minimum atomic E-state index is -0.546. The Morgan fingerprint density at radius 3 is 2.85 bits per heavy atom. The average Bonchev–Trinajstić information content (AvgIpc) is 3.36. The van der Waals surface area contributed by atoms with E-state index in [0.717, 1.165) is 30.2 Å². The van der Waals surface area contributed by atoms with Crippen molar-refractivity contribution in [2.75, 3.05) is 44.7 Å². The van der Waals surface area contributed by atoms with E-state index in [0.29, 0.717) is 54.5 Å². The molecule has 200 valence electrons. The molecule has 2 fully saturated rings. The fourth-order valence-corrected chi connectivity index (χ4v) is 5.92. The molecule has 4 heterocycles. The van der Waals surface area contributed by atoms with Crippen LogP contribution in [0.3, 0.4) is 0 Å². The van der Waals surface area contributed by atoms with Gasteiger partial charge in [-0.1, -0.05) is 41.9 Å². The van der Waals surface area contributed by atoms with Crippen molar-refractivity contribution < 1.29 is 9.13 Å². The summed E-state index contributed by atoms with van der Waals surface area (Å²) in [5.74, 6) is 0.0169. The van der Waals surface area contributed by atoms with Gasteiger partial charge in [-0.05, 0) is 37.9 Å². The second-order valence-electron chi connectivity index (χ2n) is 10.2. The van der Waals surface area contributed by atoms with Crippen molar-refractivity contribution in [1.82, 2.24) is 25.2 Å². The molecule has 2 aromatic heterocycles. The van der Waals surface area contributed by atoms with Gasteiger partial charge in [0.15, 0.2) is 5.82 Å². The number of anilines is 1. The lowest BCUT2D eigenvalue weighted by atomic mass is 10.0. The smallest absolute Gasteiger partial charge is 0.319 e. The van der Waals surface area contributed by atoms with Crippen molar-refractivity contribution in [3.8, 4) is 23.3 Å². The maximum atomic E-state index is 16.4. The van der Waals surface area contributed by atoms with E-state index < -0.39 is 5.82 Å². The summed E-state index contributed by atoms with van der Waals surface area (Å²) in [6, 6.07) is 13.9. The van der Waals surface area contributed by atoms with E-state index >= 15 is 4.39 Å². The van der Waals surface area contributed by atoms with Crippen molar-refractivity contribution in [2.45, 2.75) is 31.3 Å². The standard InChI is InChI=1S/C29H29ClFN7O/c1-37-13-4-7-20(37)17-39-29-35-27-22(28(36-29)38-14-12-33-19(16-38)10-11-32)15-34-26(25(27)31)21-8-2-5-18-6-3-9-23(30)24(18)21/h2-3,5-6,8-9,15,19-20,33H,4,7,10,12-14,16-17H2,1H3/t19-,20+/m0/s1. The number of rotatable bonds is 6. The number of hydrogen-bond acceptors (Lipinski definition) is 8. The molecular formula is C29H29ClFN7O. The van der Waals surface area contributed by atoms with Crippen molar-refractivity contribution >= 4 is 39.1 Å². The van der Waals surface area contributed by atoms with E-state index in [1.54, 1.807) is 12.3 Å². The van der Waals surface area contributed by atoms with Crippen LogP contribution in [0.1, 0.15) is 19.3 Å². The predicted molar refractivity (Wildman–Crippen MR) is 151 cm³/mol. The molecule has 0 spiro atoms. The number of benzene rings is 2. The molecule has 39 heavy (non-hydrogen) atoms. The highest BCUT2D eigenvalue weighted by Gasteiger charge is 2.27. The zero-order chi connectivity index (χ0) is 26.9. The van der Waals surface area contributed by atoms with Gasteiger partial charge in [0.05, 0.1) is 17.9 Å². The van der Waals surface area contributed by atoms with Crippen molar-refractivity contribution in [1.29, 1.82) is 5.26 Å². The monoisotopic (exact) mass is 545 g/mol. The molecule has 0 unspecified atom stereocenters. The molecule has 6 rings (SSSR count). The Hall–Kier alpha value is -3.58. The van der Waals surface area contributed by atoms with Crippen LogP contribution in [0, 0.1) is 17.1 Å². The average molecular weight is 546 g/mol. The highest BCUT2D eigenvalue weighted by Crippen LogP contribution is 2.37. The molecule has 2 aliphatic heterocycles. The fourth-order valence-electron chi connectivity index (χ4n) is 5.63. The summed E-state index contributed by atoms with van der Waals surface area (Å²) in [7, 11) is 2.08. The number of nitrogens with zero attached hydrogens (tertiary/aromatic N) is 6. The number of fused-ring (bicyclic) bond motifs is 2. The van der Waals surface area contributed by atoms with Gasteiger partial charge in [0, 0.05) is 53.9 Å². The van der Waals surface area contributed by atoms with Gasteiger partial charge in [-0.15, -0.1) is 0 Å². The van der Waals surface area contributed by atoms with E-state index in [1.807, 2.05) is 30.3 Å². The number of nitrogens with one attached hydrogen (secondary N) is 1. The maximum absolute atomic E-state index is 16.4. The zero-order valence-electron chi connectivity index (χ0n) is 21.7. The van der Waals surface area contributed by atoms with Crippen LogP contribution < -0.4 is 15.0 Å². The van der Waals surface area contributed by atoms with Crippen molar-refractivity contribution in [3.63, 3.8) is 0 Å². The first-order chi connectivity index (χ1) is 19.0. The Morgan fingerprint density at radius 1 is 1.21 bits per heavy atom. The maximum Gasteiger partial charge on any atom is 0.319 e. The number of halogens is 2. The minimum Gasteiger partial charge on any atom is -0.462 e. The Labute approximate surface area is 231 Å². The van der Waals surface area contributed by atoms with E-state index in [2.05, 4.69) is 38.2 Å². The first kappa shape index (κ1) is 25.7. The second-order valence-corrected chi connectivity index (χ2v) is 10.6. The van der Waals surface area contributed by atoms with Crippen LogP contribution in [0.4, 0.5) is 10.2 Å². The SMILES string of the molecule is CN1CCC[C@@H]1COc1nc(N2CCN[C@@H](CC#N)C2)c2cnc(-c3cccc4cccc(Cl)c34)c(F)c2n1. The summed E-state index contributed by atoms with van der Waals surface area (Å²) in [6.07, 6.45) is 4.16. The summed E-state index contributed by atoms with van der Waals surface area (Å²) in [5.41, 5.74) is 0.929. The summed E-state index contributed by atoms with van der Waals surface area (Å²) < 4.78 is 22.5. The molecule has 0 aliphatic carbocycles. The molecule has 0 bridgehead atoms. The lowest BCUT2D eigenvalue weighted by Gasteiger charge is -2.34. The second kappa shape index (κ2) is 10.9. The van der Waals surface area contributed by atoms with Gasteiger partial charge in [-0.25, -0.2) is 4.39 Å². The molecule has 8 nitrogen and oxygen atoms in total. The van der Waals surface area contributed by atoms with Gasteiger partial charge >= 0.3 is 6.01 Å². The van der Waals surface area contributed by atoms with E-state index in [-0.39, 0.29) is 29.3 Å². The number of hydrogen-bond donors (Lipinski definition) is 1. The Balaban J connectivity index is 1.47. The zero-order valence-corrected chi connectivity index (χ0v) is 22.5. The number of piperazine rings is 1. The molecule has 0 amide bonds. The topological polar surface area (TPSA) is 90.2 Å². The highest BCUT2D eigenvalue weighted by atomic mass is 35.5. The molecule has 0 radical (unpaired) electrons. The molecule has 2 atom stereocenters. The van der Waals surface area contributed by atoms with Gasteiger partial charge in [-0.3, -0.25) is 4.98 Å². The Bertz CT molecular complexity index is 1570. The third-order valence-electron chi connectivity index (χ3n) is 7.72. The number of pyridine rings is 1. The lowest BCUT2D eigenvalue weighted by Crippen LogP contribution is -2.51. The first-order valence-corrected chi connectivity index (χ1v) is 13.6. The predicted octanol–water partition coefficient (Wildman–Crippen LogP) is 4.80.